The Bertz CT molecular complexity index is 1490. The predicted octanol–water partition coefficient (Wildman–Crippen LogP) is 7.65. The van der Waals surface area contributed by atoms with E-state index >= 15 is 0 Å². The van der Waals surface area contributed by atoms with E-state index in [0.29, 0.717) is 0 Å². The molecule has 1 atom stereocenters. The van der Waals surface area contributed by atoms with Gasteiger partial charge in [-0.2, -0.15) is 4.31 Å². The molecule has 0 bridgehead atoms. The molecule has 0 aliphatic carbocycles. The minimum atomic E-state index is -3.83. The number of hydrogen-bond acceptors (Lipinski definition) is 2. The molecule has 1 aliphatic rings. The van der Waals surface area contributed by atoms with Gasteiger partial charge < -0.3 is 0 Å². The average Bonchev–Trinajstić information content (AvgIpc) is 3.17. The molecular formula is C29H23BrINO2S. The van der Waals surface area contributed by atoms with Crippen molar-refractivity contribution in [2.45, 2.75) is 17.4 Å². The third kappa shape index (κ3) is 4.20. The number of sulfonamides is 1. The molecule has 0 aromatic heterocycles. The number of halogens is 2. The van der Waals surface area contributed by atoms with Gasteiger partial charge in [-0.05, 0) is 63.9 Å². The molecule has 0 saturated carbocycles. The Hall–Kier alpha value is -2.26. The molecule has 0 radical (unpaired) electrons. The Balaban J connectivity index is 1.73. The Kier molecular flexibility index (Phi) is 6.74. The maximum Gasteiger partial charge on any atom is 0.244 e. The molecule has 4 aromatic carbocycles. The van der Waals surface area contributed by atoms with E-state index in [4.69, 9.17) is 0 Å². The van der Waals surface area contributed by atoms with Crippen LogP contribution in [0.2, 0.25) is 0 Å². The zero-order valence-electron chi connectivity index (χ0n) is 19.0. The fraction of sp³-hybridized carbons (Fsp3) is 0.103. The summed E-state index contributed by atoms with van der Waals surface area (Å²) in [7, 11) is -3.83. The molecule has 0 saturated heterocycles. The summed E-state index contributed by atoms with van der Waals surface area (Å²) in [5, 5.41) is 0. The minimum Gasteiger partial charge on any atom is -0.207 e. The first-order valence-electron chi connectivity index (χ1n) is 11.2. The fourth-order valence-corrected chi connectivity index (χ4v) is 8.29. The van der Waals surface area contributed by atoms with Crippen LogP contribution in [0.1, 0.15) is 16.7 Å². The molecule has 35 heavy (non-hydrogen) atoms. The molecule has 176 valence electrons. The summed E-state index contributed by atoms with van der Waals surface area (Å²) in [6.07, 6.45) is 0. The van der Waals surface area contributed by atoms with Crippen LogP contribution in [-0.2, 0) is 15.6 Å². The van der Waals surface area contributed by atoms with Gasteiger partial charge in [-0.15, -0.1) is 0 Å². The Morgan fingerprint density at radius 3 is 1.86 bits per heavy atom. The molecule has 3 nitrogen and oxygen atoms in total. The predicted molar refractivity (Wildman–Crippen MR) is 154 cm³/mol. The SMILES string of the molecule is Cc1ccc(S(=O)(=O)N2CC(Br)=C(I)C2(c2ccccc2)c2ccc(-c3ccccc3)cc2)cc1. The van der Waals surface area contributed by atoms with E-state index in [-0.39, 0.29) is 11.4 Å². The van der Waals surface area contributed by atoms with Gasteiger partial charge in [-0.3, -0.25) is 0 Å². The van der Waals surface area contributed by atoms with Crippen molar-refractivity contribution in [1.29, 1.82) is 0 Å². The summed E-state index contributed by atoms with van der Waals surface area (Å²) in [6, 6.07) is 35.4. The second-order valence-corrected chi connectivity index (χ2v) is 12.5. The van der Waals surface area contributed by atoms with Gasteiger partial charge in [0.15, 0.2) is 0 Å². The van der Waals surface area contributed by atoms with Crippen molar-refractivity contribution >= 4 is 48.5 Å². The summed E-state index contributed by atoms with van der Waals surface area (Å²) in [6.45, 7) is 2.21. The standard InChI is InChI=1S/C29H23BrINO2S/c1-21-12-18-26(19-13-21)35(33,34)32-20-27(30)28(31)29(32,24-10-6-3-7-11-24)25-16-14-23(15-17-25)22-8-4-2-5-9-22/h2-19H,20H2,1H3. The van der Waals surface area contributed by atoms with Crippen LogP contribution in [0.25, 0.3) is 11.1 Å². The van der Waals surface area contributed by atoms with E-state index in [0.717, 1.165) is 35.9 Å². The van der Waals surface area contributed by atoms with Crippen molar-refractivity contribution < 1.29 is 8.42 Å². The first-order valence-corrected chi connectivity index (χ1v) is 14.5. The van der Waals surface area contributed by atoms with Gasteiger partial charge in [0.1, 0.15) is 5.54 Å². The van der Waals surface area contributed by atoms with Gasteiger partial charge in [0.25, 0.3) is 0 Å². The zero-order chi connectivity index (χ0) is 24.6. The monoisotopic (exact) mass is 655 g/mol. The minimum absolute atomic E-state index is 0.254. The molecule has 4 aromatic rings. The highest BCUT2D eigenvalue weighted by molar-refractivity contribution is 14.1. The van der Waals surface area contributed by atoms with Gasteiger partial charge in [0.05, 0.1) is 4.90 Å². The summed E-state index contributed by atoms with van der Waals surface area (Å²) in [5.41, 5.74) is 4.04. The number of hydrogen-bond donors (Lipinski definition) is 0. The van der Waals surface area contributed by atoms with Gasteiger partial charge >= 0.3 is 0 Å². The van der Waals surface area contributed by atoms with Crippen LogP contribution in [0.4, 0.5) is 0 Å². The Morgan fingerprint density at radius 2 is 1.26 bits per heavy atom. The first-order chi connectivity index (χ1) is 16.8. The van der Waals surface area contributed by atoms with Gasteiger partial charge in [0.2, 0.25) is 10.0 Å². The molecular weight excluding hydrogens is 633 g/mol. The van der Waals surface area contributed by atoms with E-state index < -0.39 is 15.6 Å². The maximum absolute atomic E-state index is 14.2. The first kappa shape index (κ1) is 24.4. The van der Waals surface area contributed by atoms with Gasteiger partial charge in [-0.25, -0.2) is 8.42 Å². The normalized spacial score (nSPS) is 18.7. The van der Waals surface area contributed by atoms with Crippen molar-refractivity contribution in [3.8, 4) is 11.1 Å². The van der Waals surface area contributed by atoms with E-state index in [1.165, 1.54) is 0 Å². The largest absolute Gasteiger partial charge is 0.244 e. The number of nitrogens with zero attached hydrogens (tertiary/aromatic N) is 1. The molecule has 0 spiro atoms. The zero-order valence-corrected chi connectivity index (χ0v) is 23.6. The summed E-state index contributed by atoms with van der Waals surface area (Å²) < 4.78 is 31.8. The highest BCUT2D eigenvalue weighted by atomic mass is 127. The lowest BCUT2D eigenvalue weighted by Crippen LogP contribution is -2.47. The van der Waals surface area contributed by atoms with Crippen molar-refractivity contribution in [2.75, 3.05) is 6.54 Å². The smallest absolute Gasteiger partial charge is 0.207 e. The summed E-state index contributed by atoms with van der Waals surface area (Å²) in [5.74, 6) is 0. The van der Waals surface area contributed by atoms with Crippen molar-refractivity contribution in [3.63, 3.8) is 0 Å². The molecule has 5 rings (SSSR count). The second kappa shape index (κ2) is 9.65. The highest BCUT2D eigenvalue weighted by Crippen LogP contribution is 2.54. The molecule has 0 amide bonds. The van der Waals surface area contributed by atoms with E-state index in [1.54, 1.807) is 16.4 Å². The quantitative estimate of drug-likeness (QED) is 0.207. The third-order valence-corrected chi connectivity index (χ3v) is 11.1. The fourth-order valence-electron chi connectivity index (χ4n) is 4.64. The summed E-state index contributed by atoms with van der Waals surface area (Å²) >= 11 is 6.01. The maximum atomic E-state index is 14.2. The van der Waals surface area contributed by atoms with E-state index in [1.807, 2.05) is 67.6 Å². The van der Waals surface area contributed by atoms with Crippen LogP contribution in [-0.4, -0.2) is 19.3 Å². The Morgan fingerprint density at radius 1 is 0.743 bits per heavy atom. The lowest BCUT2D eigenvalue weighted by molar-refractivity contribution is 0.330. The van der Waals surface area contributed by atoms with Crippen molar-refractivity contribution in [1.82, 2.24) is 4.31 Å². The topological polar surface area (TPSA) is 37.4 Å². The lowest BCUT2D eigenvalue weighted by atomic mass is 9.83. The molecule has 0 fully saturated rings. The lowest BCUT2D eigenvalue weighted by Gasteiger charge is -2.39. The molecule has 6 heteroatoms. The number of benzene rings is 4. The highest BCUT2D eigenvalue weighted by Gasteiger charge is 2.53. The van der Waals surface area contributed by atoms with Crippen molar-refractivity contribution in [3.05, 3.63) is 134 Å². The molecule has 1 aliphatic heterocycles. The molecule has 1 unspecified atom stereocenters. The number of rotatable bonds is 5. The summed E-state index contributed by atoms with van der Waals surface area (Å²) in [4.78, 5) is 0.288. The second-order valence-electron chi connectivity index (χ2n) is 8.56. The van der Waals surface area contributed by atoms with Crippen LogP contribution < -0.4 is 0 Å². The van der Waals surface area contributed by atoms with Crippen LogP contribution in [0.5, 0.6) is 0 Å². The average molecular weight is 656 g/mol. The van der Waals surface area contributed by atoms with Crippen LogP contribution >= 0.6 is 38.5 Å². The van der Waals surface area contributed by atoms with Crippen LogP contribution in [0, 0.1) is 6.92 Å². The van der Waals surface area contributed by atoms with E-state index in [2.05, 4.69) is 74.9 Å². The molecule has 1 heterocycles. The van der Waals surface area contributed by atoms with Crippen LogP contribution in [0.15, 0.2) is 122 Å². The third-order valence-electron chi connectivity index (χ3n) is 6.42. The van der Waals surface area contributed by atoms with Crippen molar-refractivity contribution in [2.24, 2.45) is 0 Å². The number of aryl methyl sites for hydroxylation is 1. The molecule has 0 N–H and O–H groups in total. The van der Waals surface area contributed by atoms with Crippen LogP contribution in [0.3, 0.4) is 0 Å². The Labute approximate surface area is 228 Å². The van der Waals surface area contributed by atoms with E-state index in [9.17, 15) is 8.42 Å². The van der Waals surface area contributed by atoms with Gasteiger partial charge in [0, 0.05) is 14.6 Å². The van der Waals surface area contributed by atoms with Gasteiger partial charge in [-0.1, -0.05) is 119 Å².